The molecule has 0 unspecified atom stereocenters. The quantitative estimate of drug-likeness (QED) is 0.945. The molecule has 1 N–H and O–H groups in total. The molecule has 2 aromatic rings. The SMILES string of the molecule is O=C1[C@H](O)c2ccccc2N1CCOc1ccc(Cl)cc1. The number of halogens is 1. The lowest BCUT2D eigenvalue weighted by atomic mass is 10.1. The average Bonchev–Trinajstić information content (AvgIpc) is 2.75. The summed E-state index contributed by atoms with van der Waals surface area (Å²) in [5, 5.41) is 10.6. The van der Waals surface area contributed by atoms with Crippen LogP contribution in [0.2, 0.25) is 5.02 Å². The molecule has 21 heavy (non-hydrogen) atoms. The molecule has 1 atom stereocenters. The zero-order valence-corrected chi connectivity index (χ0v) is 12.0. The third-order valence-electron chi connectivity index (χ3n) is 3.42. The van der Waals surface area contributed by atoms with Crippen molar-refractivity contribution >= 4 is 23.2 Å². The number of fused-ring (bicyclic) bond motifs is 1. The Bertz CT molecular complexity index is 657. The van der Waals surface area contributed by atoms with Crippen LogP contribution in [0.5, 0.6) is 5.75 Å². The molecule has 0 aliphatic carbocycles. The highest BCUT2D eigenvalue weighted by atomic mass is 35.5. The molecule has 108 valence electrons. The Morgan fingerprint density at radius 1 is 1.14 bits per heavy atom. The summed E-state index contributed by atoms with van der Waals surface area (Å²) in [6.07, 6.45) is -1.07. The summed E-state index contributed by atoms with van der Waals surface area (Å²) in [6, 6.07) is 14.3. The third kappa shape index (κ3) is 2.73. The highest BCUT2D eigenvalue weighted by Gasteiger charge is 2.35. The first kappa shape index (κ1) is 13.9. The van der Waals surface area contributed by atoms with Gasteiger partial charge < -0.3 is 14.7 Å². The Labute approximate surface area is 127 Å². The minimum atomic E-state index is -1.07. The van der Waals surface area contributed by atoms with Gasteiger partial charge in [0.2, 0.25) is 0 Å². The van der Waals surface area contributed by atoms with Gasteiger partial charge in [-0.2, -0.15) is 0 Å². The smallest absolute Gasteiger partial charge is 0.260 e. The topological polar surface area (TPSA) is 49.8 Å². The van der Waals surface area contributed by atoms with Crippen molar-refractivity contribution in [3.8, 4) is 5.75 Å². The second-order valence-electron chi connectivity index (χ2n) is 4.75. The lowest BCUT2D eigenvalue weighted by Gasteiger charge is -2.17. The van der Waals surface area contributed by atoms with Crippen molar-refractivity contribution < 1.29 is 14.6 Å². The van der Waals surface area contributed by atoms with E-state index in [1.807, 2.05) is 18.2 Å². The number of para-hydroxylation sites is 1. The minimum Gasteiger partial charge on any atom is -0.492 e. The van der Waals surface area contributed by atoms with Crippen molar-refractivity contribution in [2.75, 3.05) is 18.1 Å². The van der Waals surface area contributed by atoms with Crippen LogP contribution in [0.15, 0.2) is 48.5 Å². The minimum absolute atomic E-state index is 0.309. The number of nitrogens with zero attached hydrogens (tertiary/aromatic N) is 1. The van der Waals surface area contributed by atoms with Gasteiger partial charge >= 0.3 is 0 Å². The number of aliphatic hydroxyl groups excluding tert-OH is 1. The number of hydrogen-bond acceptors (Lipinski definition) is 3. The molecule has 0 fully saturated rings. The molecule has 2 aromatic carbocycles. The number of carbonyl (C=O) groups is 1. The van der Waals surface area contributed by atoms with E-state index in [1.165, 1.54) is 0 Å². The number of benzene rings is 2. The number of amides is 1. The van der Waals surface area contributed by atoms with Crippen LogP contribution in [0.1, 0.15) is 11.7 Å². The van der Waals surface area contributed by atoms with E-state index < -0.39 is 6.10 Å². The van der Waals surface area contributed by atoms with Crippen molar-refractivity contribution in [3.05, 3.63) is 59.1 Å². The molecule has 1 aliphatic rings. The molecule has 0 saturated heterocycles. The molecular weight excluding hydrogens is 290 g/mol. The average molecular weight is 304 g/mol. The van der Waals surface area contributed by atoms with Crippen LogP contribution < -0.4 is 9.64 Å². The second-order valence-corrected chi connectivity index (χ2v) is 5.19. The van der Waals surface area contributed by atoms with Gasteiger partial charge in [0.25, 0.3) is 5.91 Å². The Morgan fingerprint density at radius 3 is 2.62 bits per heavy atom. The van der Waals surface area contributed by atoms with Crippen molar-refractivity contribution in [3.63, 3.8) is 0 Å². The number of carbonyl (C=O) groups excluding carboxylic acids is 1. The molecule has 1 amide bonds. The van der Waals surface area contributed by atoms with Gasteiger partial charge in [0.05, 0.1) is 12.2 Å². The standard InChI is InChI=1S/C16H14ClNO3/c17-11-5-7-12(8-6-11)21-10-9-18-14-4-2-1-3-13(14)15(19)16(18)20/h1-8,15,19H,9-10H2/t15-/m1/s1. The Hall–Kier alpha value is -2.04. The van der Waals surface area contributed by atoms with E-state index in [0.29, 0.717) is 29.5 Å². The highest BCUT2D eigenvalue weighted by Crippen LogP contribution is 2.35. The first-order valence-corrected chi connectivity index (χ1v) is 7.01. The van der Waals surface area contributed by atoms with Gasteiger partial charge in [-0.3, -0.25) is 4.79 Å². The lowest BCUT2D eigenvalue weighted by Crippen LogP contribution is -2.32. The van der Waals surface area contributed by atoms with Crippen LogP contribution in [0.4, 0.5) is 5.69 Å². The van der Waals surface area contributed by atoms with Crippen LogP contribution in [0.25, 0.3) is 0 Å². The molecule has 0 aromatic heterocycles. The fourth-order valence-corrected chi connectivity index (χ4v) is 2.51. The van der Waals surface area contributed by atoms with Crippen LogP contribution in [-0.4, -0.2) is 24.2 Å². The molecule has 0 radical (unpaired) electrons. The fourth-order valence-electron chi connectivity index (χ4n) is 2.38. The second kappa shape index (κ2) is 5.76. The van der Waals surface area contributed by atoms with E-state index in [4.69, 9.17) is 16.3 Å². The molecule has 0 bridgehead atoms. The van der Waals surface area contributed by atoms with Crippen LogP contribution >= 0.6 is 11.6 Å². The van der Waals surface area contributed by atoms with E-state index in [-0.39, 0.29) is 5.91 Å². The largest absolute Gasteiger partial charge is 0.492 e. The van der Waals surface area contributed by atoms with Gasteiger partial charge in [-0.15, -0.1) is 0 Å². The number of aliphatic hydroxyl groups is 1. The molecule has 0 saturated carbocycles. The van der Waals surface area contributed by atoms with Crippen LogP contribution in [0, 0.1) is 0 Å². The van der Waals surface area contributed by atoms with Crippen molar-refractivity contribution in [1.82, 2.24) is 0 Å². The van der Waals surface area contributed by atoms with Gasteiger partial charge in [0.1, 0.15) is 12.4 Å². The summed E-state index contributed by atoms with van der Waals surface area (Å²) in [7, 11) is 0. The molecular formula is C16H14ClNO3. The summed E-state index contributed by atoms with van der Waals surface area (Å²) >= 11 is 5.80. The van der Waals surface area contributed by atoms with Crippen LogP contribution in [0.3, 0.4) is 0 Å². The Balaban J connectivity index is 1.66. The zero-order valence-electron chi connectivity index (χ0n) is 11.2. The summed E-state index contributed by atoms with van der Waals surface area (Å²) in [4.78, 5) is 13.6. The van der Waals surface area contributed by atoms with Crippen molar-refractivity contribution in [2.45, 2.75) is 6.10 Å². The maximum absolute atomic E-state index is 12.1. The predicted octanol–water partition coefficient (Wildman–Crippen LogP) is 2.80. The van der Waals surface area contributed by atoms with Crippen molar-refractivity contribution in [2.24, 2.45) is 0 Å². The molecule has 0 spiro atoms. The van der Waals surface area contributed by atoms with Crippen LogP contribution in [-0.2, 0) is 4.79 Å². The van der Waals surface area contributed by atoms with Crippen molar-refractivity contribution in [1.29, 1.82) is 0 Å². The number of hydrogen-bond donors (Lipinski definition) is 1. The number of rotatable bonds is 4. The molecule has 4 nitrogen and oxygen atoms in total. The fraction of sp³-hybridized carbons (Fsp3) is 0.188. The van der Waals surface area contributed by atoms with Gasteiger partial charge in [-0.1, -0.05) is 29.8 Å². The summed E-state index contributed by atoms with van der Waals surface area (Å²) in [5.74, 6) is 0.385. The number of ether oxygens (including phenoxy) is 1. The van der Waals surface area contributed by atoms with Gasteiger partial charge in [0, 0.05) is 10.6 Å². The first-order valence-electron chi connectivity index (χ1n) is 6.63. The lowest BCUT2D eigenvalue weighted by molar-refractivity contribution is -0.125. The molecule has 5 heteroatoms. The Morgan fingerprint density at radius 2 is 1.86 bits per heavy atom. The van der Waals surface area contributed by atoms with Gasteiger partial charge in [0.15, 0.2) is 6.10 Å². The van der Waals surface area contributed by atoms with Gasteiger partial charge in [-0.05, 0) is 30.3 Å². The van der Waals surface area contributed by atoms with E-state index in [2.05, 4.69) is 0 Å². The van der Waals surface area contributed by atoms with E-state index in [0.717, 1.165) is 5.69 Å². The zero-order chi connectivity index (χ0) is 14.8. The summed E-state index contributed by atoms with van der Waals surface area (Å²) in [5.41, 5.74) is 1.39. The molecule has 1 aliphatic heterocycles. The molecule has 3 rings (SSSR count). The monoisotopic (exact) mass is 303 g/mol. The predicted molar refractivity (Wildman–Crippen MR) is 80.7 cm³/mol. The van der Waals surface area contributed by atoms with E-state index >= 15 is 0 Å². The normalized spacial score (nSPS) is 17.0. The molecule has 1 heterocycles. The maximum Gasteiger partial charge on any atom is 0.260 e. The third-order valence-corrected chi connectivity index (χ3v) is 3.67. The van der Waals surface area contributed by atoms with Gasteiger partial charge in [-0.25, -0.2) is 0 Å². The van der Waals surface area contributed by atoms with E-state index in [1.54, 1.807) is 35.2 Å². The van der Waals surface area contributed by atoms with E-state index in [9.17, 15) is 9.90 Å². The number of anilines is 1. The first-order chi connectivity index (χ1) is 10.2. The summed E-state index contributed by atoms with van der Waals surface area (Å²) in [6.45, 7) is 0.726. The Kier molecular flexibility index (Phi) is 3.82. The maximum atomic E-state index is 12.1. The summed E-state index contributed by atoms with van der Waals surface area (Å²) < 4.78 is 5.59. The highest BCUT2D eigenvalue weighted by molar-refractivity contribution is 6.30.